The summed E-state index contributed by atoms with van der Waals surface area (Å²) in [5.74, 6) is 0.771. The highest BCUT2D eigenvalue weighted by Gasteiger charge is 2.14. The molecule has 84 valence electrons. The third-order valence-corrected chi connectivity index (χ3v) is 2.71. The van der Waals surface area contributed by atoms with Crippen molar-refractivity contribution < 1.29 is 4.74 Å². The monoisotopic (exact) mass is 199 g/mol. The molecule has 1 fully saturated rings. The highest BCUT2D eigenvalue weighted by Crippen LogP contribution is 2.17. The second-order valence-corrected chi connectivity index (χ2v) is 4.73. The summed E-state index contributed by atoms with van der Waals surface area (Å²) in [5.41, 5.74) is 0. The fraction of sp³-hybridized carbons (Fsp3) is 1.00. The van der Waals surface area contributed by atoms with Crippen molar-refractivity contribution in [3.63, 3.8) is 0 Å². The van der Waals surface area contributed by atoms with Gasteiger partial charge in [-0.15, -0.1) is 0 Å². The lowest BCUT2D eigenvalue weighted by molar-refractivity contribution is 0.102. The van der Waals surface area contributed by atoms with Crippen LogP contribution in [-0.4, -0.2) is 25.8 Å². The molecule has 0 aliphatic carbocycles. The van der Waals surface area contributed by atoms with Gasteiger partial charge >= 0.3 is 0 Å². The largest absolute Gasteiger partial charge is 0.378 e. The van der Waals surface area contributed by atoms with Gasteiger partial charge in [0, 0.05) is 6.61 Å². The van der Waals surface area contributed by atoms with Gasteiger partial charge in [-0.1, -0.05) is 13.8 Å². The van der Waals surface area contributed by atoms with E-state index in [-0.39, 0.29) is 0 Å². The molecule has 0 aromatic rings. The zero-order chi connectivity index (χ0) is 10.2. The van der Waals surface area contributed by atoms with E-state index in [9.17, 15) is 0 Å². The second-order valence-electron chi connectivity index (χ2n) is 4.73. The van der Waals surface area contributed by atoms with Crippen LogP contribution in [0.1, 0.15) is 46.0 Å². The molecule has 0 spiro atoms. The van der Waals surface area contributed by atoms with Crippen LogP contribution in [0.25, 0.3) is 0 Å². The third-order valence-electron chi connectivity index (χ3n) is 2.71. The molecule has 1 N–H and O–H groups in total. The molecule has 1 aliphatic rings. The molecule has 0 saturated carbocycles. The topological polar surface area (TPSA) is 21.3 Å². The first kappa shape index (κ1) is 12.0. The van der Waals surface area contributed by atoms with Gasteiger partial charge < -0.3 is 10.1 Å². The number of hydrogen-bond donors (Lipinski definition) is 1. The minimum Gasteiger partial charge on any atom is -0.378 e. The summed E-state index contributed by atoms with van der Waals surface area (Å²) in [6, 6.07) is 0. The molecule has 1 rings (SSSR count). The maximum absolute atomic E-state index is 5.58. The van der Waals surface area contributed by atoms with Crippen molar-refractivity contribution in [2.24, 2.45) is 5.92 Å². The maximum Gasteiger partial charge on any atom is 0.0576 e. The van der Waals surface area contributed by atoms with E-state index >= 15 is 0 Å². The van der Waals surface area contributed by atoms with Crippen molar-refractivity contribution in [2.45, 2.75) is 52.1 Å². The molecule has 0 radical (unpaired) electrons. The molecule has 2 heteroatoms. The molecule has 0 aromatic carbocycles. The molecular weight excluding hydrogens is 174 g/mol. The quantitative estimate of drug-likeness (QED) is 0.636. The number of nitrogens with one attached hydrogen (secondary N) is 1. The van der Waals surface area contributed by atoms with Gasteiger partial charge in [0.1, 0.15) is 0 Å². The van der Waals surface area contributed by atoms with Crippen LogP contribution < -0.4 is 5.32 Å². The molecule has 1 atom stereocenters. The van der Waals surface area contributed by atoms with E-state index in [0.29, 0.717) is 6.10 Å². The van der Waals surface area contributed by atoms with Crippen molar-refractivity contribution >= 4 is 0 Å². The van der Waals surface area contributed by atoms with E-state index in [1.807, 2.05) is 0 Å². The Hall–Kier alpha value is -0.0800. The fourth-order valence-corrected chi connectivity index (χ4v) is 1.88. The SMILES string of the molecule is CC(C)CNCCCCC1CCCO1. The molecule has 1 saturated heterocycles. The maximum atomic E-state index is 5.58. The van der Waals surface area contributed by atoms with Crippen molar-refractivity contribution in [1.82, 2.24) is 5.32 Å². The summed E-state index contributed by atoms with van der Waals surface area (Å²) in [4.78, 5) is 0. The number of hydrogen-bond acceptors (Lipinski definition) is 2. The van der Waals surface area contributed by atoms with Crippen molar-refractivity contribution in [2.75, 3.05) is 19.7 Å². The van der Waals surface area contributed by atoms with E-state index in [1.54, 1.807) is 0 Å². The second kappa shape index (κ2) is 7.24. The Labute approximate surface area is 88.4 Å². The Morgan fingerprint density at radius 2 is 2.21 bits per heavy atom. The summed E-state index contributed by atoms with van der Waals surface area (Å²) >= 11 is 0. The average molecular weight is 199 g/mol. The Bertz CT molecular complexity index is 130. The molecule has 2 nitrogen and oxygen atoms in total. The zero-order valence-corrected chi connectivity index (χ0v) is 9.72. The molecule has 1 unspecified atom stereocenters. The minimum atomic E-state index is 0.583. The molecular formula is C12H25NO. The summed E-state index contributed by atoms with van der Waals surface area (Å²) < 4.78 is 5.58. The van der Waals surface area contributed by atoms with Crippen molar-refractivity contribution in [1.29, 1.82) is 0 Å². The van der Waals surface area contributed by atoms with Crippen LogP contribution in [0.3, 0.4) is 0 Å². The van der Waals surface area contributed by atoms with Crippen LogP contribution in [0.15, 0.2) is 0 Å². The lowest BCUT2D eigenvalue weighted by Crippen LogP contribution is -2.20. The fourth-order valence-electron chi connectivity index (χ4n) is 1.88. The Morgan fingerprint density at radius 1 is 1.36 bits per heavy atom. The lowest BCUT2D eigenvalue weighted by Gasteiger charge is -2.10. The summed E-state index contributed by atoms with van der Waals surface area (Å²) in [6.45, 7) is 7.82. The van der Waals surface area contributed by atoms with E-state index in [4.69, 9.17) is 4.74 Å². The van der Waals surface area contributed by atoms with Crippen LogP contribution >= 0.6 is 0 Å². The Kier molecular flexibility index (Phi) is 6.20. The molecule has 0 bridgehead atoms. The van der Waals surface area contributed by atoms with Gasteiger partial charge in [0.25, 0.3) is 0 Å². The van der Waals surface area contributed by atoms with Crippen molar-refractivity contribution in [3.8, 4) is 0 Å². The highest BCUT2D eigenvalue weighted by atomic mass is 16.5. The van der Waals surface area contributed by atoms with Crippen molar-refractivity contribution in [3.05, 3.63) is 0 Å². The standard InChI is InChI=1S/C12H25NO/c1-11(2)10-13-8-4-3-6-12-7-5-9-14-12/h11-13H,3-10H2,1-2H3. The summed E-state index contributed by atoms with van der Waals surface area (Å²) in [6.07, 6.45) is 7.03. The van der Waals surface area contributed by atoms with E-state index in [2.05, 4.69) is 19.2 Å². The molecule has 1 heterocycles. The van der Waals surface area contributed by atoms with E-state index < -0.39 is 0 Å². The Balaban J connectivity index is 1.79. The Morgan fingerprint density at radius 3 is 2.86 bits per heavy atom. The normalized spacial score (nSPS) is 22.1. The first-order valence-corrected chi connectivity index (χ1v) is 6.11. The number of ether oxygens (including phenoxy) is 1. The van der Waals surface area contributed by atoms with Gasteiger partial charge in [-0.3, -0.25) is 0 Å². The van der Waals surface area contributed by atoms with Crippen LogP contribution in [0.2, 0.25) is 0 Å². The van der Waals surface area contributed by atoms with E-state index in [0.717, 1.165) is 19.1 Å². The van der Waals surface area contributed by atoms with Gasteiger partial charge in [-0.05, 0) is 51.1 Å². The predicted octanol–water partition coefficient (Wildman–Crippen LogP) is 2.58. The van der Waals surface area contributed by atoms with Crippen LogP contribution in [0, 0.1) is 5.92 Å². The number of rotatable bonds is 7. The number of unbranched alkanes of at least 4 members (excludes halogenated alkanes) is 1. The van der Waals surface area contributed by atoms with Gasteiger partial charge in [-0.25, -0.2) is 0 Å². The predicted molar refractivity (Wildman–Crippen MR) is 60.5 cm³/mol. The van der Waals surface area contributed by atoms with E-state index in [1.165, 1.54) is 38.6 Å². The van der Waals surface area contributed by atoms with Gasteiger partial charge in [0.05, 0.1) is 6.10 Å². The molecule has 0 aromatic heterocycles. The highest BCUT2D eigenvalue weighted by molar-refractivity contribution is 4.64. The average Bonchev–Trinajstić information content (AvgIpc) is 2.63. The van der Waals surface area contributed by atoms with Crippen LogP contribution in [0.5, 0.6) is 0 Å². The molecule has 1 aliphatic heterocycles. The van der Waals surface area contributed by atoms with Gasteiger partial charge in [0.2, 0.25) is 0 Å². The first-order chi connectivity index (χ1) is 6.79. The summed E-state index contributed by atoms with van der Waals surface area (Å²) in [7, 11) is 0. The smallest absolute Gasteiger partial charge is 0.0576 e. The van der Waals surface area contributed by atoms with Crippen LogP contribution in [-0.2, 0) is 4.74 Å². The minimum absolute atomic E-state index is 0.583. The van der Waals surface area contributed by atoms with Gasteiger partial charge in [-0.2, -0.15) is 0 Å². The first-order valence-electron chi connectivity index (χ1n) is 6.11. The summed E-state index contributed by atoms with van der Waals surface area (Å²) in [5, 5.41) is 3.47. The third kappa shape index (κ3) is 5.61. The van der Waals surface area contributed by atoms with Gasteiger partial charge in [0.15, 0.2) is 0 Å². The molecule has 14 heavy (non-hydrogen) atoms. The lowest BCUT2D eigenvalue weighted by atomic mass is 10.1. The van der Waals surface area contributed by atoms with Crippen LogP contribution in [0.4, 0.5) is 0 Å². The molecule has 0 amide bonds. The zero-order valence-electron chi connectivity index (χ0n) is 9.72.